The smallest absolute Gasteiger partial charge is 0.119 e. The molecule has 1 saturated heterocycles. The summed E-state index contributed by atoms with van der Waals surface area (Å²) in [4.78, 5) is 3.93. The molecule has 0 saturated carbocycles. The van der Waals surface area contributed by atoms with Gasteiger partial charge in [-0.15, -0.1) is 0 Å². The number of hydrogen-bond donors (Lipinski definition) is 1. The Hall–Kier alpha value is -0.960. The largest absolute Gasteiger partial charge is 0.314 e. The molecule has 1 aliphatic rings. The Kier molecular flexibility index (Phi) is 2.54. The van der Waals surface area contributed by atoms with Gasteiger partial charge in [0.25, 0.3) is 0 Å². The number of piperidine rings is 1. The van der Waals surface area contributed by atoms with Crippen molar-refractivity contribution in [3.63, 3.8) is 0 Å². The van der Waals surface area contributed by atoms with Gasteiger partial charge in [0.05, 0.1) is 0 Å². The molecule has 1 aliphatic heterocycles. The van der Waals surface area contributed by atoms with Crippen molar-refractivity contribution < 1.29 is 4.39 Å². The third kappa shape index (κ3) is 1.86. The van der Waals surface area contributed by atoms with Crippen LogP contribution in [0.5, 0.6) is 0 Å². The number of alkyl halides is 1. The van der Waals surface area contributed by atoms with Crippen molar-refractivity contribution in [2.45, 2.75) is 18.5 Å². The summed E-state index contributed by atoms with van der Waals surface area (Å²) in [6, 6.07) is 3.81. The highest BCUT2D eigenvalue weighted by atomic mass is 19.1. The second kappa shape index (κ2) is 3.83. The molecular weight excluding hydrogens is 167 g/mol. The van der Waals surface area contributed by atoms with Crippen molar-refractivity contribution in [1.29, 1.82) is 0 Å². The quantitative estimate of drug-likeness (QED) is 0.708. The normalized spacial score (nSPS) is 28.7. The third-order valence-corrected chi connectivity index (χ3v) is 2.54. The predicted octanol–water partition coefficient (Wildman–Crippen LogP) is 1.50. The molecular formula is C10H13FN2. The van der Waals surface area contributed by atoms with Gasteiger partial charge in [-0.05, 0) is 30.7 Å². The van der Waals surface area contributed by atoms with Gasteiger partial charge in [-0.3, -0.25) is 4.98 Å². The Morgan fingerprint density at radius 1 is 1.38 bits per heavy atom. The number of hydrogen-bond acceptors (Lipinski definition) is 2. The molecule has 0 aliphatic carbocycles. The topological polar surface area (TPSA) is 24.9 Å². The van der Waals surface area contributed by atoms with Crippen LogP contribution in [0.4, 0.5) is 4.39 Å². The zero-order chi connectivity index (χ0) is 9.10. The lowest BCUT2D eigenvalue weighted by atomic mass is 9.89. The van der Waals surface area contributed by atoms with Crippen molar-refractivity contribution in [2.75, 3.05) is 13.1 Å². The van der Waals surface area contributed by atoms with E-state index in [0.717, 1.165) is 18.5 Å². The highest BCUT2D eigenvalue weighted by Gasteiger charge is 2.25. The lowest BCUT2D eigenvalue weighted by Crippen LogP contribution is -2.36. The number of nitrogens with zero attached hydrogens (tertiary/aromatic N) is 1. The molecule has 0 radical (unpaired) electrons. The zero-order valence-corrected chi connectivity index (χ0v) is 7.41. The van der Waals surface area contributed by atoms with E-state index in [1.807, 2.05) is 12.1 Å². The Morgan fingerprint density at radius 3 is 2.85 bits per heavy atom. The van der Waals surface area contributed by atoms with Gasteiger partial charge in [-0.2, -0.15) is 0 Å². The van der Waals surface area contributed by atoms with E-state index in [4.69, 9.17) is 0 Å². The molecule has 0 amide bonds. The van der Waals surface area contributed by atoms with Gasteiger partial charge < -0.3 is 5.32 Å². The molecule has 2 nitrogen and oxygen atoms in total. The van der Waals surface area contributed by atoms with E-state index >= 15 is 0 Å². The highest BCUT2D eigenvalue weighted by molar-refractivity contribution is 5.18. The van der Waals surface area contributed by atoms with E-state index in [1.165, 1.54) is 0 Å². The van der Waals surface area contributed by atoms with Crippen LogP contribution >= 0.6 is 0 Å². The maximum atomic E-state index is 13.5. The molecule has 2 atom stereocenters. The monoisotopic (exact) mass is 180 g/mol. The third-order valence-electron chi connectivity index (χ3n) is 2.54. The molecule has 3 heteroatoms. The Labute approximate surface area is 77.2 Å². The van der Waals surface area contributed by atoms with E-state index in [9.17, 15) is 4.39 Å². The first-order valence-corrected chi connectivity index (χ1v) is 4.62. The average molecular weight is 180 g/mol. The van der Waals surface area contributed by atoms with Crippen LogP contribution in [-0.4, -0.2) is 24.2 Å². The van der Waals surface area contributed by atoms with Crippen LogP contribution in [0, 0.1) is 0 Å². The van der Waals surface area contributed by atoms with Gasteiger partial charge >= 0.3 is 0 Å². The molecule has 0 spiro atoms. The van der Waals surface area contributed by atoms with Crippen LogP contribution in [0.15, 0.2) is 24.5 Å². The molecule has 0 bridgehead atoms. The second-order valence-electron chi connectivity index (χ2n) is 3.40. The van der Waals surface area contributed by atoms with Crippen molar-refractivity contribution in [3.05, 3.63) is 30.1 Å². The number of pyridine rings is 1. The minimum Gasteiger partial charge on any atom is -0.314 e. The van der Waals surface area contributed by atoms with E-state index in [-0.39, 0.29) is 5.92 Å². The first kappa shape index (κ1) is 8.63. The summed E-state index contributed by atoms with van der Waals surface area (Å²) in [5, 5.41) is 3.04. The predicted molar refractivity (Wildman–Crippen MR) is 49.4 cm³/mol. The van der Waals surface area contributed by atoms with Gasteiger partial charge in [-0.25, -0.2) is 4.39 Å². The summed E-state index contributed by atoms with van der Waals surface area (Å²) < 4.78 is 13.5. The molecule has 13 heavy (non-hydrogen) atoms. The number of nitrogens with one attached hydrogen (secondary N) is 1. The molecule has 2 unspecified atom stereocenters. The van der Waals surface area contributed by atoms with Crippen LogP contribution in [0.25, 0.3) is 0 Å². The highest BCUT2D eigenvalue weighted by Crippen LogP contribution is 2.26. The maximum absolute atomic E-state index is 13.5. The molecule has 1 aromatic heterocycles. The molecule has 0 aromatic carbocycles. The fourth-order valence-electron chi connectivity index (χ4n) is 1.81. The van der Waals surface area contributed by atoms with Gasteiger partial charge in [0, 0.05) is 24.9 Å². The van der Waals surface area contributed by atoms with E-state index in [0.29, 0.717) is 6.54 Å². The van der Waals surface area contributed by atoms with E-state index < -0.39 is 6.17 Å². The number of rotatable bonds is 1. The van der Waals surface area contributed by atoms with Gasteiger partial charge in [-0.1, -0.05) is 0 Å². The first-order chi connectivity index (χ1) is 6.38. The van der Waals surface area contributed by atoms with E-state index in [1.54, 1.807) is 12.4 Å². The van der Waals surface area contributed by atoms with Gasteiger partial charge in [0.2, 0.25) is 0 Å². The molecule has 70 valence electrons. The number of halogens is 1. The van der Waals surface area contributed by atoms with Crippen molar-refractivity contribution in [1.82, 2.24) is 10.3 Å². The van der Waals surface area contributed by atoms with Crippen LogP contribution in [0.1, 0.15) is 17.9 Å². The second-order valence-corrected chi connectivity index (χ2v) is 3.40. The fraction of sp³-hybridized carbons (Fsp3) is 0.500. The van der Waals surface area contributed by atoms with Crippen LogP contribution in [-0.2, 0) is 0 Å². The minimum atomic E-state index is -0.754. The maximum Gasteiger partial charge on any atom is 0.119 e. The van der Waals surface area contributed by atoms with Crippen molar-refractivity contribution >= 4 is 0 Å². The lowest BCUT2D eigenvalue weighted by molar-refractivity contribution is 0.231. The Bertz CT molecular complexity index is 263. The van der Waals surface area contributed by atoms with Crippen molar-refractivity contribution in [3.8, 4) is 0 Å². The first-order valence-electron chi connectivity index (χ1n) is 4.62. The zero-order valence-electron chi connectivity index (χ0n) is 7.41. The van der Waals surface area contributed by atoms with Crippen LogP contribution in [0.3, 0.4) is 0 Å². The SMILES string of the molecule is FC1CNCCC1c1ccncc1. The molecule has 2 heterocycles. The Balaban J connectivity index is 2.15. The summed E-state index contributed by atoms with van der Waals surface area (Å²) in [5.74, 6) is 0.0595. The van der Waals surface area contributed by atoms with Crippen LogP contribution < -0.4 is 5.32 Å². The summed E-state index contributed by atoms with van der Waals surface area (Å²) >= 11 is 0. The van der Waals surface area contributed by atoms with Gasteiger partial charge in [0.1, 0.15) is 6.17 Å². The van der Waals surface area contributed by atoms with Crippen LogP contribution in [0.2, 0.25) is 0 Å². The van der Waals surface area contributed by atoms with Gasteiger partial charge in [0.15, 0.2) is 0 Å². The average Bonchev–Trinajstić information content (AvgIpc) is 2.20. The molecule has 1 fully saturated rings. The summed E-state index contributed by atoms with van der Waals surface area (Å²) in [6.07, 6.45) is 3.58. The number of aromatic nitrogens is 1. The Morgan fingerprint density at radius 2 is 2.15 bits per heavy atom. The molecule has 1 N–H and O–H groups in total. The standard InChI is InChI=1S/C10H13FN2/c11-10-7-13-6-3-9(10)8-1-4-12-5-2-8/h1-2,4-5,9-10,13H,3,6-7H2. The fourth-order valence-corrected chi connectivity index (χ4v) is 1.81. The van der Waals surface area contributed by atoms with E-state index in [2.05, 4.69) is 10.3 Å². The summed E-state index contributed by atoms with van der Waals surface area (Å²) in [5.41, 5.74) is 1.07. The summed E-state index contributed by atoms with van der Waals surface area (Å²) in [7, 11) is 0. The lowest BCUT2D eigenvalue weighted by Gasteiger charge is -2.26. The summed E-state index contributed by atoms with van der Waals surface area (Å²) in [6.45, 7) is 1.39. The molecule has 1 aromatic rings. The van der Waals surface area contributed by atoms with Crippen molar-refractivity contribution in [2.24, 2.45) is 0 Å². The molecule has 2 rings (SSSR count). The minimum absolute atomic E-state index is 0.0595.